The van der Waals surface area contributed by atoms with Crippen LogP contribution in [0.2, 0.25) is 0 Å². The van der Waals surface area contributed by atoms with Crippen molar-refractivity contribution < 1.29 is 9.90 Å². The highest BCUT2D eigenvalue weighted by Crippen LogP contribution is 2.17. The number of benzene rings is 1. The fourth-order valence-corrected chi connectivity index (χ4v) is 1.91. The van der Waals surface area contributed by atoms with Crippen molar-refractivity contribution in [2.45, 2.75) is 13.5 Å². The van der Waals surface area contributed by atoms with E-state index < -0.39 is 5.97 Å². The van der Waals surface area contributed by atoms with Crippen molar-refractivity contribution in [2.24, 2.45) is 7.05 Å². The molecule has 5 nitrogen and oxygen atoms in total. The van der Waals surface area contributed by atoms with Crippen LogP contribution in [0.1, 0.15) is 11.3 Å². The fraction of sp³-hybridized carbons (Fsp3) is 0.286. The van der Waals surface area contributed by atoms with Crippen LogP contribution >= 0.6 is 0 Å². The summed E-state index contributed by atoms with van der Waals surface area (Å²) in [6.45, 7) is 2.49. The summed E-state index contributed by atoms with van der Waals surface area (Å²) in [6, 6.07) is 9.73. The first kappa shape index (κ1) is 13.1. The second kappa shape index (κ2) is 5.56. The van der Waals surface area contributed by atoms with E-state index in [0.29, 0.717) is 6.54 Å². The Balaban J connectivity index is 2.23. The first-order chi connectivity index (χ1) is 9.06. The average Bonchev–Trinajstić information content (AvgIpc) is 2.75. The quantitative estimate of drug-likeness (QED) is 0.889. The van der Waals surface area contributed by atoms with E-state index in [9.17, 15) is 4.79 Å². The highest BCUT2D eigenvalue weighted by Gasteiger charge is 2.13. The number of rotatable bonds is 5. The molecule has 0 aliphatic heterocycles. The van der Waals surface area contributed by atoms with E-state index in [0.717, 1.165) is 16.9 Å². The summed E-state index contributed by atoms with van der Waals surface area (Å²) in [5.74, 6) is -0.845. The lowest BCUT2D eigenvalue weighted by atomic mass is 10.2. The molecule has 0 saturated heterocycles. The normalized spacial score (nSPS) is 10.4. The summed E-state index contributed by atoms with van der Waals surface area (Å²) < 4.78 is 1.75. The molecule has 1 aromatic heterocycles. The summed E-state index contributed by atoms with van der Waals surface area (Å²) in [5.41, 5.74) is 3.02. The van der Waals surface area contributed by atoms with Gasteiger partial charge in [0.1, 0.15) is 6.54 Å². The Labute approximate surface area is 112 Å². The van der Waals surface area contributed by atoms with Gasteiger partial charge in [0.25, 0.3) is 0 Å². The molecule has 1 N–H and O–H groups in total. The highest BCUT2D eigenvalue weighted by atomic mass is 16.4. The standard InChI is InChI=1S/C14H17N3O2/c1-11-3-5-12(6-4-11)17(10-14(18)19)9-13-7-8-15-16(13)2/h3-8H,9-10H2,1-2H3,(H,18,19). The van der Waals surface area contributed by atoms with Crippen molar-refractivity contribution in [1.29, 1.82) is 0 Å². The molecule has 0 atom stereocenters. The lowest BCUT2D eigenvalue weighted by Gasteiger charge is -2.23. The first-order valence-corrected chi connectivity index (χ1v) is 6.06. The molecule has 0 radical (unpaired) electrons. The molecule has 2 aromatic rings. The third kappa shape index (κ3) is 3.34. The smallest absolute Gasteiger partial charge is 0.323 e. The summed E-state index contributed by atoms with van der Waals surface area (Å²) in [5, 5.41) is 13.1. The van der Waals surface area contributed by atoms with Gasteiger partial charge in [-0.05, 0) is 25.1 Å². The van der Waals surface area contributed by atoms with Gasteiger partial charge in [0.2, 0.25) is 0 Å². The highest BCUT2D eigenvalue weighted by molar-refractivity contribution is 5.73. The van der Waals surface area contributed by atoms with Gasteiger partial charge in [0, 0.05) is 18.9 Å². The molecule has 0 bridgehead atoms. The van der Waals surface area contributed by atoms with Crippen LogP contribution in [0, 0.1) is 6.92 Å². The molecular formula is C14H17N3O2. The molecule has 100 valence electrons. The lowest BCUT2D eigenvalue weighted by molar-refractivity contribution is -0.135. The monoisotopic (exact) mass is 259 g/mol. The Morgan fingerprint density at radius 2 is 2.00 bits per heavy atom. The van der Waals surface area contributed by atoms with Crippen molar-refractivity contribution >= 4 is 11.7 Å². The zero-order chi connectivity index (χ0) is 13.8. The van der Waals surface area contributed by atoms with Gasteiger partial charge in [-0.25, -0.2) is 0 Å². The molecule has 0 spiro atoms. The van der Waals surface area contributed by atoms with Gasteiger partial charge in [-0.1, -0.05) is 17.7 Å². The van der Waals surface area contributed by atoms with Crippen molar-refractivity contribution in [2.75, 3.05) is 11.4 Å². The van der Waals surface area contributed by atoms with E-state index in [2.05, 4.69) is 5.10 Å². The van der Waals surface area contributed by atoms with Crippen molar-refractivity contribution in [3.05, 3.63) is 47.8 Å². The van der Waals surface area contributed by atoms with Crippen LogP contribution < -0.4 is 4.90 Å². The molecule has 5 heteroatoms. The number of aromatic nitrogens is 2. The number of carbonyl (C=O) groups is 1. The number of nitrogens with zero attached hydrogens (tertiary/aromatic N) is 3. The van der Waals surface area contributed by atoms with Crippen LogP contribution in [0.5, 0.6) is 0 Å². The molecule has 0 fully saturated rings. The minimum absolute atomic E-state index is 0.0335. The number of aliphatic carboxylic acids is 1. The molecule has 0 unspecified atom stereocenters. The number of aryl methyl sites for hydroxylation is 2. The predicted octanol–water partition coefficient (Wildman–Crippen LogP) is 1.82. The van der Waals surface area contributed by atoms with Gasteiger partial charge < -0.3 is 10.0 Å². The molecule has 19 heavy (non-hydrogen) atoms. The topological polar surface area (TPSA) is 58.4 Å². The second-order valence-electron chi connectivity index (χ2n) is 4.53. The van der Waals surface area contributed by atoms with Gasteiger partial charge in [-0.2, -0.15) is 5.10 Å². The first-order valence-electron chi connectivity index (χ1n) is 6.06. The summed E-state index contributed by atoms with van der Waals surface area (Å²) >= 11 is 0. The van der Waals surface area contributed by atoms with Crippen molar-refractivity contribution in [1.82, 2.24) is 9.78 Å². The van der Waals surface area contributed by atoms with Gasteiger partial charge in [0.05, 0.1) is 12.2 Å². The van der Waals surface area contributed by atoms with Crippen LogP contribution in [0.4, 0.5) is 5.69 Å². The van der Waals surface area contributed by atoms with Crippen LogP contribution in [-0.2, 0) is 18.4 Å². The van der Waals surface area contributed by atoms with Crippen LogP contribution in [0.25, 0.3) is 0 Å². The SMILES string of the molecule is Cc1ccc(N(CC(=O)O)Cc2ccnn2C)cc1. The zero-order valence-corrected chi connectivity index (χ0v) is 11.1. The van der Waals surface area contributed by atoms with Gasteiger partial charge in [0.15, 0.2) is 0 Å². The minimum atomic E-state index is -0.845. The van der Waals surface area contributed by atoms with Crippen LogP contribution in [-0.4, -0.2) is 27.4 Å². The van der Waals surface area contributed by atoms with E-state index in [1.165, 1.54) is 0 Å². The van der Waals surface area contributed by atoms with Gasteiger partial charge in [-0.3, -0.25) is 9.48 Å². The molecule has 0 aliphatic carbocycles. The van der Waals surface area contributed by atoms with Crippen LogP contribution in [0.15, 0.2) is 36.5 Å². The summed E-state index contributed by atoms with van der Waals surface area (Å²) in [4.78, 5) is 12.8. The van der Waals surface area contributed by atoms with Crippen LogP contribution in [0.3, 0.4) is 0 Å². The average molecular weight is 259 g/mol. The molecule has 1 aromatic carbocycles. The second-order valence-corrected chi connectivity index (χ2v) is 4.53. The fourth-order valence-electron chi connectivity index (χ4n) is 1.91. The number of carboxylic acid groups (broad SMARTS) is 1. The molecule has 2 rings (SSSR count). The maximum atomic E-state index is 11.0. The Hall–Kier alpha value is -2.30. The van der Waals surface area contributed by atoms with Crippen molar-refractivity contribution in [3.8, 4) is 0 Å². The zero-order valence-electron chi connectivity index (χ0n) is 11.1. The van der Waals surface area contributed by atoms with E-state index in [1.807, 2.05) is 49.2 Å². The Kier molecular flexibility index (Phi) is 3.85. The maximum Gasteiger partial charge on any atom is 0.323 e. The Morgan fingerprint density at radius 1 is 1.32 bits per heavy atom. The minimum Gasteiger partial charge on any atom is -0.480 e. The van der Waals surface area contributed by atoms with E-state index >= 15 is 0 Å². The number of anilines is 1. The number of hydrogen-bond acceptors (Lipinski definition) is 3. The predicted molar refractivity (Wildman–Crippen MR) is 73.1 cm³/mol. The summed E-state index contributed by atoms with van der Waals surface area (Å²) in [6.07, 6.45) is 1.71. The largest absolute Gasteiger partial charge is 0.480 e. The number of hydrogen-bond donors (Lipinski definition) is 1. The number of carboxylic acids is 1. The van der Waals surface area contributed by atoms with E-state index in [-0.39, 0.29) is 6.54 Å². The Morgan fingerprint density at radius 3 is 2.53 bits per heavy atom. The third-order valence-corrected chi connectivity index (χ3v) is 3.00. The molecular weight excluding hydrogens is 242 g/mol. The maximum absolute atomic E-state index is 11.0. The molecule has 0 amide bonds. The van der Waals surface area contributed by atoms with E-state index in [4.69, 9.17) is 5.11 Å². The molecule has 0 aliphatic rings. The van der Waals surface area contributed by atoms with Gasteiger partial charge >= 0.3 is 5.97 Å². The third-order valence-electron chi connectivity index (χ3n) is 3.00. The molecule has 1 heterocycles. The summed E-state index contributed by atoms with van der Waals surface area (Å²) in [7, 11) is 1.85. The van der Waals surface area contributed by atoms with Crippen molar-refractivity contribution in [3.63, 3.8) is 0 Å². The Bertz CT molecular complexity index is 560. The lowest BCUT2D eigenvalue weighted by Crippen LogP contribution is -2.30. The molecule has 0 saturated carbocycles. The van der Waals surface area contributed by atoms with Gasteiger partial charge in [-0.15, -0.1) is 0 Å². The van der Waals surface area contributed by atoms with E-state index in [1.54, 1.807) is 10.9 Å².